The third-order valence-corrected chi connectivity index (χ3v) is 4.39. The minimum Gasteiger partial charge on any atom is -0.363 e. The number of nitriles is 2. The molecule has 2 heterocycles. The van der Waals surface area contributed by atoms with Gasteiger partial charge in [0.15, 0.2) is 0 Å². The minimum absolute atomic E-state index is 0.0531. The second-order valence-corrected chi connectivity index (χ2v) is 6.55. The van der Waals surface area contributed by atoms with Crippen LogP contribution in [0, 0.1) is 28.5 Å². The van der Waals surface area contributed by atoms with Gasteiger partial charge < -0.3 is 5.32 Å². The van der Waals surface area contributed by atoms with Gasteiger partial charge in [0.25, 0.3) is 0 Å². The van der Waals surface area contributed by atoms with Crippen molar-refractivity contribution in [3.05, 3.63) is 76.5 Å². The lowest BCUT2D eigenvalue weighted by atomic mass is 10.0. The van der Waals surface area contributed by atoms with Crippen molar-refractivity contribution in [1.29, 1.82) is 10.5 Å². The molecule has 1 aromatic carbocycles. The van der Waals surface area contributed by atoms with E-state index in [1.807, 2.05) is 0 Å². The van der Waals surface area contributed by atoms with Crippen molar-refractivity contribution in [3.8, 4) is 23.3 Å². The Labute approximate surface area is 181 Å². The summed E-state index contributed by atoms with van der Waals surface area (Å²) in [6.07, 6.45) is -10.5. The largest absolute Gasteiger partial charge is 0.433 e. The highest BCUT2D eigenvalue weighted by atomic mass is 19.4. The molecule has 1 N–H and O–H groups in total. The molecule has 0 saturated heterocycles. The van der Waals surface area contributed by atoms with Gasteiger partial charge in [-0.2, -0.15) is 36.9 Å². The number of aromatic nitrogens is 2. The van der Waals surface area contributed by atoms with Gasteiger partial charge in [-0.15, -0.1) is 0 Å². The Morgan fingerprint density at radius 3 is 2.06 bits per heavy atom. The third-order valence-electron chi connectivity index (χ3n) is 4.39. The summed E-state index contributed by atoms with van der Waals surface area (Å²) in [5, 5.41) is 20.6. The molecule has 12 heteroatoms. The molecule has 33 heavy (non-hydrogen) atoms. The predicted molar refractivity (Wildman–Crippen MR) is 101 cm³/mol. The second kappa shape index (κ2) is 8.74. The number of pyridine rings is 2. The van der Waals surface area contributed by atoms with Crippen LogP contribution >= 0.6 is 0 Å². The number of benzene rings is 1. The van der Waals surface area contributed by atoms with Crippen molar-refractivity contribution in [2.75, 3.05) is 5.32 Å². The summed E-state index contributed by atoms with van der Waals surface area (Å²) in [6.45, 7) is -0.484. The van der Waals surface area contributed by atoms with Gasteiger partial charge in [-0.25, -0.2) is 14.4 Å². The van der Waals surface area contributed by atoms with Gasteiger partial charge in [-0.05, 0) is 35.9 Å². The summed E-state index contributed by atoms with van der Waals surface area (Å²) >= 11 is 0. The predicted octanol–water partition coefficient (Wildman–Crippen LogP) is 5.68. The molecule has 168 valence electrons. The third kappa shape index (κ3) is 5.18. The molecule has 0 unspecified atom stereocenters. The highest BCUT2D eigenvalue weighted by Crippen LogP contribution is 2.38. The van der Waals surface area contributed by atoms with Crippen LogP contribution in [0.2, 0.25) is 0 Å². The molecule has 3 aromatic rings. The SMILES string of the molecule is N#Cc1ccc(-c2ccc(F)cc2)c(CNc2nc(C(F)(F)F)cc(C(F)(F)F)c2C#N)n1. The second-order valence-electron chi connectivity index (χ2n) is 6.55. The van der Waals surface area contributed by atoms with E-state index in [-0.39, 0.29) is 17.5 Å². The van der Waals surface area contributed by atoms with Gasteiger partial charge >= 0.3 is 12.4 Å². The standard InChI is InChI=1S/C21H10F7N5/c22-12-3-1-11(2-4-12)14-6-5-13(8-29)32-17(14)10-31-19-15(9-30)16(20(23,24)25)7-18(33-19)21(26,27)28/h1-7H,10H2,(H,31,33). The maximum Gasteiger partial charge on any atom is 0.433 e. The van der Waals surface area contributed by atoms with Crippen LogP contribution in [-0.2, 0) is 18.9 Å². The van der Waals surface area contributed by atoms with E-state index in [1.165, 1.54) is 30.3 Å². The highest BCUT2D eigenvalue weighted by molar-refractivity contribution is 5.67. The zero-order valence-corrected chi connectivity index (χ0v) is 16.2. The number of halogens is 7. The molecule has 0 radical (unpaired) electrons. The first-order chi connectivity index (χ1) is 15.4. The fourth-order valence-electron chi connectivity index (χ4n) is 2.91. The molecule has 0 aliphatic heterocycles. The van der Waals surface area contributed by atoms with E-state index < -0.39 is 47.4 Å². The fourth-order valence-corrected chi connectivity index (χ4v) is 2.91. The van der Waals surface area contributed by atoms with E-state index >= 15 is 0 Å². The molecule has 0 atom stereocenters. The van der Waals surface area contributed by atoms with Crippen molar-refractivity contribution in [2.24, 2.45) is 0 Å². The zero-order valence-electron chi connectivity index (χ0n) is 16.2. The summed E-state index contributed by atoms with van der Waals surface area (Å²) in [7, 11) is 0. The van der Waals surface area contributed by atoms with Crippen LogP contribution in [0.4, 0.5) is 36.6 Å². The highest BCUT2D eigenvalue weighted by Gasteiger charge is 2.41. The molecule has 3 rings (SSSR count). The first kappa shape index (κ1) is 23.5. The first-order valence-electron chi connectivity index (χ1n) is 8.93. The van der Waals surface area contributed by atoms with E-state index in [4.69, 9.17) is 5.26 Å². The van der Waals surface area contributed by atoms with Crippen LogP contribution in [0.25, 0.3) is 11.1 Å². The molecule has 0 amide bonds. The normalized spacial score (nSPS) is 11.5. The molecule has 0 fully saturated rings. The smallest absolute Gasteiger partial charge is 0.363 e. The summed E-state index contributed by atoms with van der Waals surface area (Å²) in [5.41, 5.74) is -4.03. The van der Waals surface area contributed by atoms with Crippen molar-refractivity contribution in [2.45, 2.75) is 18.9 Å². The summed E-state index contributed by atoms with van der Waals surface area (Å²) in [5.74, 6) is -1.49. The van der Waals surface area contributed by atoms with Gasteiger partial charge in [0.2, 0.25) is 0 Å². The van der Waals surface area contributed by atoms with Gasteiger partial charge in [0.1, 0.15) is 40.7 Å². The van der Waals surface area contributed by atoms with E-state index in [2.05, 4.69) is 15.3 Å². The van der Waals surface area contributed by atoms with Crippen LogP contribution in [0.3, 0.4) is 0 Å². The molecular formula is C21H10F7N5. The number of nitrogens with zero attached hydrogens (tertiary/aromatic N) is 4. The number of nitrogens with one attached hydrogen (secondary N) is 1. The Kier molecular flexibility index (Phi) is 6.22. The van der Waals surface area contributed by atoms with Crippen molar-refractivity contribution >= 4 is 5.82 Å². The summed E-state index contributed by atoms with van der Waals surface area (Å²) in [4.78, 5) is 7.19. The lowest BCUT2D eigenvalue weighted by Crippen LogP contribution is -2.18. The van der Waals surface area contributed by atoms with Gasteiger partial charge in [0, 0.05) is 5.56 Å². The lowest BCUT2D eigenvalue weighted by Gasteiger charge is -2.17. The molecule has 0 spiro atoms. The Hall–Kier alpha value is -4.19. The van der Waals surface area contributed by atoms with E-state index in [9.17, 15) is 36.0 Å². The van der Waals surface area contributed by atoms with E-state index in [0.717, 1.165) is 12.1 Å². The maximum atomic E-state index is 13.3. The molecule has 0 aliphatic carbocycles. The number of rotatable bonds is 4. The topological polar surface area (TPSA) is 85.4 Å². The molecular weight excluding hydrogens is 455 g/mol. The van der Waals surface area contributed by atoms with Gasteiger partial charge in [-0.3, -0.25) is 0 Å². The quantitative estimate of drug-likeness (QED) is 0.502. The average molecular weight is 465 g/mol. The van der Waals surface area contributed by atoms with Crippen LogP contribution in [0.1, 0.15) is 28.2 Å². The van der Waals surface area contributed by atoms with Crippen molar-refractivity contribution in [3.63, 3.8) is 0 Å². The van der Waals surface area contributed by atoms with Crippen molar-refractivity contribution in [1.82, 2.24) is 9.97 Å². The summed E-state index contributed by atoms with van der Waals surface area (Å²) < 4.78 is 92.6. The van der Waals surface area contributed by atoms with Gasteiger partial charge in [0.05, 0.1) is 17.8 Å². The van der Waals surface area contributed by atoms with Crippen LogP contribution in [0.5, 0.6) is 0 Å². The Bertz CT molecular complexity index is 1270. The Balaban J connectivity index is 2.09. The van der Waals surface area contributed by atoms with Gasteiger partial charge in [-0.1, -0.05) is 12.1 Å². The molecule has 2 aromatic heterocycles. The first-order valence-corrected chi connectivity index (χ1v) is 8.93. The zero-order chi connectivity index (χ0) is 24.4. The molecule has 0 bridgehead atoms. The number of hydrogen-bond donors (Lipinski definition) is 1. The molecule has 0 saturated carbocycles. The fraction of sp³-hybridized carbons (Fsp3) is 0.143. The van der Waals surface area contributed by atoms with E-state index in [1.54, 1.807) is 6.07 Å². The van der Waals surface area contributed by atoms with E-state index in [0.29, 0.717) is 11.1 Å². The van der Waals surface area contributed by atoms with Crippen LogP contribution < -0.4 is 5.32 Å². The number of hydrogen-bond acceptors (Lipinski definition) is 5. The minimum atomic E-state index is -5.25. The van der Waals surface area contributed by atoms with Crippen molar-refractivity contribution < 1.29 is 30.7 Å². The summed E-state index contributed by atoms with van der Waals surface area (Å²) in [6, 6.07) is 10.6. The van der Waals surface area contributed by atoms with Crippen LogP contribution in [-0.4, -0.2) is 9.97 Å². The number of alkyl halides is 6. The number of anilines is 1. The molecule has 5 nitrogen and oxygen atoms in total. The molecule has 0 aliphatic rings. The average Bonchev–Trinajstić information content (AvgIpc) is 2.76. The lowest BCUT2D eigenvalue weighted by molar-refractivity contribution is -0.145. The maximum absolute atomic E-state index is 13.3. The Morgan fingerprint density at radius 2 is 1.52 bits per heavy atom. The van der Waals surface area contributed by atoms with Crippen LogP contribution in [0.15, 0.2) is 42.5 Å². The Morgan fingerprint density at radius 1 is 0.848 bits per heavy atom. The monoisotopic (exact) mass is 465 g/mol.